The first-order valence-electron chi connectivity index (χ1n) is 12.5. The number of hydrogen-bond acceptors (Lipinski definition) is 4. The van der Waals surface area contributed by atoms with Crippen LogP contribution in [0.3, 0.4) is 0 Å². The minimum atomic E-state index is -1.16. The van der Waals surface area contributed by atoms with Gasteiger partial charge in [0.25, 0.3) is 11.8 Å². The summed E-state index contributed by atoms with van der Waals surface area (Å²) in [5.74, 6) is -0.839. The molecule has 0 aliphatic carbocycles. The average Bonchev–Trinajstić information content (AvgIpc) is 3.06. The fourth-order valence-corrected chi connectivity index (χ4v) is 5.51. The van der Waals surface area contributed by atoms with Crippen molar-refractivity contribution < 1.29 is 18.8 Å². The highest BCUT2D eigenvalue weighted by molar-refractivity contribution is 6.07. The number of nitrogens with one attached hydrogen (secondary N) is 1. The topological polar surface area (TPSA) is 73.0 Å². The third kappa shape index (κ3) is 5.28. The quantitative estimate of drug-likeness (QED) is 0.599. The number of nitrogens with zero attached hydrogens (tertiary/aromatic N) is 3. The van der Waals surface area contributed by atoms with E-state index >= 15 is 0 Å². The summed E-state index contributed by atoms with van der Waals surface area (Å²) in [5, 5.41) is 3.01. The van der Waals surface area contributed by atoms with Crippen molar-refractivity contribution in [2.24, 2.45) is 5.92 Å². The second kappa shape index (κ2) is 10.4. The minimum absolute atomic E-state index is 0.0196. The molecule has 2 saturated heterocycles. The third-order valence-corrected chi connectivity index (χ3v) is 7.29. The van der Waals surface area contributed by atoms with Crippen LogP contribution in [0.5, 0.6) is 0 Å². The van der Waals surface area contributed by atoms with Gasteiger partial charge in [0, 0.05) is 38.2 Å². The van der Waals surface area contributed by atoms with Crippen LogP contribution < -0.4 is 5.32 Å². The number of carbonyl (C=O) groups excluding carboxylic acids is 3. The van der Waals surface area contributed by atoms with E-state index in [1.54, 1.807) is 12.1 Å². The van der Waals surface area contributed by atoms with Crippen LogP contribution in [0.2, 0.25) is 0 Å². The van der Waals surface area contributed by atoms with Crippen LogP contribution in [0.1, 0.15) is 39.9 Å². The van der Waals surface area contributed by atoms with E-state index in [0.29, 0.717) is 43.6 Å². The summed E-state index contributed by atoms with van der Waals surface area (Å²) >= 11 is 0. The normalized spacial score (nSPS) is 20.8. The van der Waals surface area contributed by atoms with Gasteiger partial charge in [-0.15, -0.1) is 0 Å². The van der Waals surface area contributed by atoms with Crippen LogP contribution >= 0.6 is 0 Å². The van der Waals surface area contributed by atoms with E-state index in [1.165, 1.54) is 17.0 Å². The Morgan fingerprint density at radius 1 is 1.08 bits per heavy atom. The molecule has 0 radical (unpaired) electrons. The lowest BCUT2D eigenvalue weighted by Crippen LogP contribution is -2.58. The lowest BCUT2D eigenvalue weighted by atomic mass is 9.73. The molecule has 0 aromatic heterocycles. The lowest BCUT2D eigenvalue weighted by molar-refractivity contribution is -0.134. The molecule has 0 unspecified atom stereocenters. The number of halogens is 1. The number of piperidine rings is 1. The number of benzene rings is 2. The molecule has 2 aliphatic heterocycles. The van der Waals surface area contributed by atoms with Gasteiger partial charge < -0.3 is 15.1 Å². The van der Waals surface area contributed by atoms with Crippen molar-refractivity contribution in [3.8, 4) is 0 Å². The average molecular weight is 495 g/mol. The number of likely N-dealkylation sites (N-methyl/N-ethyl adjacent to an activating group) is 1. The second-order valence-electron chi connectivity index (χ2n) is 10.4. The number of hydrogen-bond donors (Lipinski definition) is 1. The zero-order valence-corrected chi connectivity index (χ0v) is 21.5. The van der Waals surface area contributed by atoms with Crippen LogP contribution in [0, 0.1) is 25.6 Å². The van der Waals surface area contributed by atoms with E-state index in [4.69, 9.17) is 0 Å². The van der Waals surface area contributed by atoms with Gasteiger partial charge in [0.1, 0.15) is 11.4 Å². The van der Waals surface area contributed by atoms with Gasteiger partial charge in [-0.3, -0.25) is 14.5 Å². The molecule has 0 spiro atoms. The Morgan fingerprint density at radius 3 is 2.36 bits per heavy atom. The second-order valence-corrected chi connectivity index (χ2v) is 10.4. The monoisotopic (exact) mass is 494 g/mol. The Kier molecular flexibility index (Phi) is 7.45. The van der Waals surface area contributed by atoms with Crippen LogP contribution in [0.25, 0.3) is 0 Å². The van der Waals surface area contributed by atoms with E-state index < -0.39 is 11.6 Å². The highest BCUT2D eigenvalue weighted by Crippen LogP contribution is 2.37. The standard InChI is InChI=1S/C28H35FN4O3/c1-19-14-20(2)16-22(15-19)25(34)32-10-8-23(9-11-32)28(18-21-6-5-7-24(29)17-21)26(35)33(27(36)30-28)13-12-31(3)4/h5-7,14-17,23H,8-13,18H2,1-4H3,(H,30,36)/t28-/m0/s1. The number of rotatable bonds is 7. The highest BCUT2D eigenvalue weighted by Gasteiger charge is 2.55. The van der Waals surface area contributed by atoms with E-state index in [0.717, 1.165) is 11.1 Å². The summed E-state index contributed by atoms with van der Waals surface area (Å²) in [6.45, 7) is 5.76. The van der Waals surface area contributed by atoms with Crippen LogP contribution in [-0.2, 0) is 11.2 Å². The van der Waals surface area contributed by atoms with E-state index in [9.17, 15) is 18.8 Å². The Balaban J connectivity index is 1.56. The predicted molar refractivity (Wildman–Crippen MR) is 136 cm³/mol. The van der Waals surface area contributed by atoms with E-state index in [-0.39, 0.29) is 36.5 Å². The first kappa shape index (κ1) is 25.8. The lowest BCUT2D eigenvalue weighted by Gasteiger charge is -2.41. The molecule has 1 N–H and O–H groups in total. The summed E-state index contributed by atoms with van der Waals surface area (Å²) in [4.78, 5) is 45.0. The van der Waals surface area contributed by atoms with E-state index in [1.807, 2.05) is 55.9 Å². The van der Waals surface area contributed by atoms with E-state index in [2.05, 4.69) is 5.32 Å². The van der Waals surface area contributed by atoms with Gasteiger partial charge in [-0.2, -0.15) is 0 Å². The summed E-state index contributed by atoms with van der Waals surface area (Å²) in [7, 11) is 3.78. The molecule has 36 heavy (non-hydrogen) atoms. The maximum absolute atomic E-state index is 14.0. The maximum atomic E-state index is 14.0. The largest absolute Gasteiger partial charge is 0.339 e. The van der Waals surface area contributed by atoms with Crippen molar-refractivity contribution in [3.05, 3.63) is 70.5 Å². The minimum Gasteiger partial charge on any atom is -0.339 e. The van der Waals surface area contributed by atoms with Gasteiger partial charge in [0.2, 0.25) is 0 Å². The zero-order chi connectivity index (χ0) is 26.0. The van der Waals surface area contributed by atoms with Crippen molar-refractivity contribution >= 4 is 17.8 Å². The van der Waals surface area contributed by atoms with Crippen LogP contribution in [-0.4, -0.2) is 78.4 Å². The first-order valence-corrected chi connectivity index (χ1v) is 12.5. The molecule has 2 fully saturated rings. The fraction of sp³-hybridized carbons (Fsp3) is 0.464. The van der Waals surface area contributed by atoms with Crippen molar-refractivity contribution in [1.82, 2.24) is 20.0 Å². The number of carbonyl (C=O) groups is 3. The molecular weight excluding hydrogens is 459 g/mol. The molecule has 0 saturated carbocycles. The fourth-order valence-electron chi connectivity index (χ4n) is 5.51. The molecule has 2 aliphatic rings. The molecule has 0 bridgehead atoms. The molecule has 4 rings (SSSR count). The molecule has 2 aromatic rings. The Bertz CT molecular complexity index is 1140. The summed E-state index contributed by atoms with van der Waals surface area (Å²) in [5.41, 5.74) is 2.25. The van der Waals surface area contributed by atoms with Gasteiger partial charge in [-0.05, 0) is 76.5 Å². The predicted octanol–water partition coefficient (Wildman–Crippen LogP) is 3.39. The zero-order valence-electron chi connectivity index (χ0n) is 21.5. The third-order valence-electron chi connectivity index (χ3n) is 7.29. The number of imide groups is 1. The Morgan fingerprint density at radius 2 is 1.75 bits per heavy atom. The maximum Gasteiger partial charge on any atom is 0.325 e. The Hall–Kier alpha value is -3.26. The number of likely N-dealkylation sites (tertiary alicyclic amines) is 1. The SMILES string of the molecule is Cc1cc(C)cc(C(=O)N2CCC([C@]3(Cc4cccc(F)c4)NC(=O)N(CCN(C)C)C3=O)CC2)c1. The molecule has 2 heterocycles. The molecule has 8 heteroatoms. The molecule has 192 valence electrons. The van der Waals surface area contributed by atoms with Gasteiger partial charge in [-0.25, -0.2) is 9.18 Å². The van der Waals surface area contributed by atoms with Gasteiger partial charge in [-0.1, -0.05) is 29.3 Å². The molecule has 7 nitrogen and oxygen atoms in total. The van der Waals surface area contributed by atoms with Gasteiger partial charge in [0.05, 0.1) is 0 Å². The molecule has 4 amide bonds. The summed E-state index contributed by atoms with van der Waals surface area (Å²) in [6.07, 6.45) is 1.35. The van der Waals surface area contributed by atoms with Crippen LogP contribution in [0.4, 0.5) is 9.18 Å². The van der Waals surface area contributed by atoms with Crippen molar-refractivity contribution in [2.45, 2.75) is 38.6 Å². The number of aryl methyl sites for hydroxylation is 2. The molecule has 1 atom stereocenters. The van der Waals surface area contributed by atoms with Crippen LogP contribution in [0.15, 0.2) is 42.5 Å². The summed E-state index contributed by atoms with van der Waals surface area (Å²) < 4.78 is 14.0. The molecular formula is C28H35FN4O3. The first-order chi connectivity index (χ1) is 17.1. The number of urea groups is 1. The number of amides is 4. The van der Waals surface area contributed by atoms with Crippen molar-refractivity contribution in [3.63, 3.8) is 0 Å². The highest BCUT2D eigenvalue weighted by atomic mass is 19.1. The van der Waals surface area contributed by atoms with Crippen molar-refractivity contribution in [2.75, 3.05) is 40.3 Å². The summed E-state index contributed by atoms with van der Waals surface area (Å²) in [6, 6.07) is 11.6. The van der Waals surface area contributed by atoms with Crippen molar-refractivity contribution in [1.29, 1.82) is 0 Å². The Labute approximate surface area is 212 Å². The molecule has 2 aromatic carbocycles. The van der Waals surface area contributed by atoms with Gasteiger partial charge >= 0.3 is 6.03 Å². The smallest absolute Gasteiger partial charge is 0.325 e. The van der Waals surface area contributed by atoms with Gasteiger partial charge in [0.15, 0.2) is 0 Å².